The van der Waals surface area contributed by atoms with Crippen molar-refractivity contribution in [2.45, 2.75) is 50.7 Å². The van der Waals surface area contributed by atoms with Crippen molar-refractivity contribution in [2.24, 2.45) is 0 Å². The van der Waals surface area contributed by atoms with Crippen LogP contribution in [0, 0.1) is 0 Å². The summed E-state index contributed by atoms with van der Waals surface area (Å²) in [6, 6.07) is 6.32. The van der Waals surface area contributed by atoms with Crippen LogP contribution in [-0.2, 0) is 14.8 Å². The molecule has 0 unspecified atom stereocenters. The molecule has 206 valence electrons. The zero-order chi connectivity index (χ0) is 26.9. The Hall–Kier alpha value is -2.80. The first kappa shape index (κ1) is 26.8. The smallest absolute Gasteiger partial charge is 0.241 e. The maximum Gasteiger partial charge on any atom is 0.241 e. The summed E-state index contributed by atoms with van der Waals surface area (Å²) in [5, 5.41) is 18.3. The maximum absolute atomic E-state index is 11.9. The fourth-order valence-corrected chi connectivity index (χ4v) is 6.32. The Morgan fingerprint density at radius 2 is 1.87 bits per heavy atom. The Kier molecular flexibility index (Phi) is 7.85. The molecule has 0 radical (unpaired) electrons. The lowest BCUT2D eigenvalue weighted by molar-refractivity contribution is 0.121. The molecule has 1 saturated heterocycles. The first-order valence-corrected chi connectivity index (χ1v) is 15.1. The highest BCUT2D eigenvalue weighted by Gasteiger charge is 2.27. The molecule has 12 heteroatoms. The van der Waals surface area contributed by atoms with Crippen molar-refractivity contribution in [1.29, 1.82) is 0 Å². The minimum absolute atomic E-state index is 0.0617. The maximum atomic E-state index is 11.9. The Balaban J connectivity index is 1.48. The van der Waals surface area contributed by atoms with Crippen LogP contribution in [0.15, 0.2) is 30.6 Å². The van der Waals surface area contributed by atoms with E-state index in [9.17, 15) is 13.5 Å². The number of aromatic nitrogens is 4. The molecule has 38 heavy (non-hydrogen) atoms. The van der Waals surface area contributed by atoms with Gasteiger partial charge in [0.25, 0.3) is 0 Å². The normalized spacial score (nSPS) is 22.1. The van der Waals surface area contributed by atoms with Crippen LogP contribution in [0.3, 0.4) is 0 Å². The number of nitrogens with one attached hydrogen (secondary N) is 1. The molecule has 1 saturated carbocycles. The average Bonchev–Trinajstić information content (AvgIpc) is 3.28. The van der Waals surface area contributed by atoms with E-state index in [0.29, 0.717) is 44.7 Å². The Labute approximate surface area is 223 Å². The first-order valence-electron chi connectivity index (χ1n) is 13.2. The number of methoxy groups -OCH3 is 1. The molecule has 4 heterocycles. The number of aliphatic hydroxyl groups is 1. The lowest BCUT2D eigenvalue weighted by atomic mass is 9.85. The average molecular weight is 544 g/mol. The van der Waals surface area contributed by atoms with E-state index < -0.39 is 10.0 Å². The van der Waals surface area contributed by atoms with E-state index >= 15 is 0 Å². The number of hydrogen-bond donors (Lipinski definition) is 2. The SMILES string of the molecule is COC[C@H](C)Nc1ncc2c(-c3ccnc(N4CCN(S(C)(=O)=O)CC4)c3)cc([C@H]3CC[C@H](O)CC3)n2n1. The highest BCUT2D eigenvalue weighted by atomic mass is 32.2. The monoisotopic (exact) mass is 543 g/mol. The zero-order valence-corrected chi connectivity index (χ0v) is 23.1. The summed E-state index contributed by atoms with van der Waals surface area (Å²) in [6.45, 7) is 4.64. The van der Waals surface area contributed by atoms with Crippen molar-refractivity contribution in [2.75, 3.05) is 56.4 Å². The third kappa shape index (κ3) is 5.78. The van der Waals surface area contributed by atoms with E-state index in [1.165, 1.54) is 10.6 Å². The fourth-order valence-electron chi connectivity index (χ4n) is 5.49. The number of aliphatic hydroxyl groups excluding tert-OH is 1. The van der Waals surface area contributed by atoms with E-state index in [4.69, 9.17) is 9.84 Å². The number of anilines is 2. The number of sulfonamides is 1. The lowest BCUT2D eigenvalue weighted by Gasteiger charge is -2.34. The molecule has 0 aromatic carbocycles. The fraction of sp³-hybridized carbons (Fsp3) is 0.577. The van der Waals surface area contributed by atoms with Crippen molar-refractivity contribution < 1.29 is 18.3 Å². The summed E-state index contributed by atoms with van der Waals surface area (Å²) >= 11 is 0. The third-order valence-corrected chi connectivity index (χ3v) is 8.84. The van der Waals surface area contributed by atoms with Gasteiger partial charge in [-0.25, -0.2) is 22.9 Å². The molecule has 0 amide bonds. The highest BCUT2D eigenvalue weighted by Crippen LogP contribution is 2.38. The van der Waals surface area contributed by atoms with Crippen LogP contribution < -0.4 is 10.2 Å². The molecule has 1 atom stereocenters. The van der Waals surface area contributed by atoms with Gasteiger partial charge in [-0.15, -0.1) is 5.10 Å². The van der Waals surface area contributed by atoms with Gasteiger partial charge >= 0.3 is 0 Å². The van der Waals surface area contributed by atoms with Crippen LogP contribution in [0.2, 0.25) is 0 Å². The second-order valence-electron chi connectivity index (χ2n) is 10.4. The van der Waals surface area contributed by atoms with Gasteiger partial charge in [-0.1, -0.05) is 0 Å². The van der Waals surface area contributed by atoms with Gasteiger partial charge in [-0.2, -0.15) is 4.31 Å². The quantitative estimate of drug-likeness (QED) is 0.440. The van der Waals surface area contributed by atoms with E-state index in [0.717, 1.165) is 53.8 Å². The van der Waals surface area contributed by atoms with E-state index in [2.05, 4.69) is 32.3 Å². The summed E-state index contributed by atoms with van der Waals surface area (Å²) < 4.78 is 32.6. The molecule has 0 spiro atoms. The predicted molar refractivity (Wildman–Crippen MR) is 147 cm³/mol. The van der Waals surface area contributed by atoms with Gasteiger partial charge in [-0.3, -0.25) is 0 Å². The van der Waals surface area contributed by atoms with Gasteiger partial charge < -0.3 is 20.1 Å². The largest absolute Gasteiger partial charge is 0.393 e. The Morgan fingerprint density at radius 3 is 2.55 bits per heavy atom. The second-order valence-corrected chi connectivity index (χ2v) is 12.4. The van der Waals surface area contributed by atoms with Gasteiger partial charge in [0.1, 0.15) is 5.82 Å². The summed E-state index contributed by atoms with van der Waals surface area (Å²) in [5.41, 5.74) is 4.07. The van der Waals surface area contributed by atoms with Gasteiger partial charge in [0.05, 0.1) is 30.7 Å². The summed E-state index contributed by atoms with van der Waals surface area (Å²) in [5.74, 6) is 1.66. The van der Waals surface area contributed by atoms with Crippen LogP contribution in [-0.4, -0.2) is 95.7 Å². The zero-order valence-electron chi connectivity index (χ0n) is 22.2. The molecule has 11 nitrogen and oxygen atoms in total. The Morgan fingerprint density at radius 1 is 1.13 bits per heavy atom. The number of ether oxygens (including phenoxy) is 1. The minimum Gasteiger partial charge on any atom is -0.393 e. The number of fused-ring (bicyclic) bond motifs is 1. The highest BCUT2D eigenvalue weighted by molar-refractivity contribution is 7.88. The summed E-state index contributed by atoms with van der Waals surface area (Å²) in [6.07, 6.45) is 8.07. The molecule has 2 fully saturated rings. The van der Waals surface area contributed by atoms with Gasteiger partial charge in [-0.05, 0) is 56.4 Å². The van der Waals surface area contributed by atoms with Crippen molar-refractivity contribution in [3.8, 4) is 11.1 Å². The predicted octanol–water partition coefficient (Wildman–Crippen LogP) is 2.34. The lowest BCUT2D eigenvalue weighted by Crippen LogP contribution is -2.48. The number of hydrogen-bond acceptors (Lipinski definition) is 9. The second kappa shape index (κ2) is 11.1. The molecule has 1 aliphatic carbocycles. The van der Waals surface area contributed by atoms with Gasteiger partial charge in [0, 0.05) is 62.7 Å². The van der Waals surface area contributed by atoms with Crippen molar-refractivity contribution in [1.82, 2.24) is 23.9 Å². The van der Waals surface area contributed by atoms with Crippen LogP contribution in [0.1, 0.15) is 44.2 Å². The van der Waals surface area contributed by atoms with Crippen LogP contribution in [0.25, 0.3) is 16.6 Å². The van der Waals surface area contributed by atoms with Gasteiger partial charge in [0.2, 0.25) is 16.0 Å². The summed E-state index contributed by atoms with van der Waals surface area (Å²) in [7, 11) is -1.52. The van der Waals surface area contributed by atoms with Crippen molar-refractivity contribution in [3.63, 3.8) is 0 Å². The van der Waals surface area contributed by atoms with Crippen molar-refractivity contribution in [3.05, 3.63) is 36.3 Å². The number of pyridine rings is 1. The molecule has 3 aromatic rings. The molecule has 2 N–H and O–H groups in total. The molecule has 5 rings (SSSR count). The topological polar surface area (TPSA) is 125 Å². The first-order chi connectivity index (χ1) is 18.2. The molecular weight excluding hydrogens is 506 g/mol. The molecule has 1 aliphatic heterocycles. The van der Waals surface area contributed by atoms with Crippen LogP contribution in [0.4, 0.5) is 11.8 Å². The van der Waals surface area contributed by atoms with E-state index in [-0.39, 0.29) is 12.1 Å². The van der Waals surface area contributed by atoms with Gasteiger partial charge in [0.15, 0.2) is 0 Å². The Bertz CT molecular complexity index is 1360. The number of piperazine rings is 1. The molecule has 0 bridgehead atoms. The third-order valence-electron chi connectivity index (χ3n) is 7.54. The molecule has 2 aliphatic rings. The number of nitrogens with zero attached hydrogens (tertiary/aromatic N) is 6. The molecule has 3 aromatic heterocycles. The van der Waals surface area contributed by atoms with E-state index in [1.54, 1.807) is 13.3 Å². The van der Waals surface area contributed by atoms with Crippen LogP contribution >= 0.6 is 0 Å². The molecular formula is C26H37N7O4S. The number of rotatable bonds is 8. The standard InChI is InChI=1S/C26H37N7O4S/c1-18(17-37-2)29-26-28-16-24-22(15-23(33(24)30-26)19-4-6-21(34)7-5-19)20-8-9-27-25(14-20)31-10-12-32(13-11-31)38(3,35)36/h8-9,14-16,18-19,21,34H,4-7,10-13,17H2,1-3H3,(H,29,30)/t18-,19-,21-/m0/s1. The minimum atomic E-state index is -3.19. The van der Waals surface area contributed by atoms with E-state index in [1.807, 2.05) is 23.7 Å². The van der Waals surface area contributed by atoms with Crippen LogP contribution in [0.5, 0.6) is 0 Å². The summed E-state index contributed by atoms with van der Waals surface area (Å²) in [4.78, 5) is 11.3. The van der Waals surface area contributed by atoms with Crippen molar-refractivity contribution >= 4 is 27.3 Å².